The molecule has 1 aromatic heterocycles. The van der Waals surface area contributed by atoms with Crippen molar-refractivity contribution in [2.75, 3.05) is 5.32 Å². The number of fused-ring (bicyclic) bond motifs is 1. The van der Waals surface area contributed by atoms with Crippen LogP contribution in [-0.4, -0.2) is 4.98 Å². The molecule has 0 aliphatic carbocycles. The number of benzene rings is 2. The predicted octanol–water partition coefficient (Wildman–Crippen LogP) is 3.91. The summed E-state index contributed by atoms with van der Waals surface area (Å²) >= 11 is 0. The van der Waals surface area contributed by atoms with E-state index in [4.69, 9.17) is 5.26 Å². The van der Waals surface area contributed by atoms with Crippen LogP contribution in [0, 0.1) is 11.3 Å². The van der Waals surface area contributed by atoms with Crippen LogP contribution >= 0.6 is 0 Å². The summed E-state index contributed by atoms with van der Waals surface area (Å²) in [5.41, 5.74) is 4.33. The highest BCUT2D eigenvalue weighted by Gasteiger charge is 2.01. The van der Waals surface area contributed by atoms with Crippen molar-refractivity contribution in [3.63, 3.8) is 0 Å². The molecule has 3 nitrogen and oxygen atoms in total. The van der Waals surface area contributed by atoms with Gasteiger partial charge in [0.05, 0.1) is 18.0 Å². The Morgan fingerprint density at radius 1 is 1.00 bits per heavy atom. The minimum atomic E-state index is 0.454. The second-order valence-electron chi connectivity index (χ2n) is 4.87. The number of anilines is 1. The molecule has 0 bridgehead atoms. The maximum absolute atomic E-state index is 8.67. The molecule has 3 rings (SSSR count). The van der Waals surface area contributed by atoms with Gasteiger partial charge in [-0.3, -0.25) is 4.98 Å². The van der Waals surface area contributed by atoms with Gasteiger partial charge in [0.15, 0.2) is 0 Å². The molecule has 21 heavy (non-hydrogen) atoms. The topological polar surface area (TPSA) is 48.7 Å². The van der Waals surface area contributed by atoms with Crippen LogP contribution in [-0.2, 0) is 13.0 Å². The molecule has 0 amide bonds. The number of hydrogen-bond acceptors (Lipinski definition) is 3. The summed E-state index contributed by atoms with van der Waals surface area (Å²) < 4.78 is 0. The molecule has 3 aromatic rings. The SMILES string of the molecule is N#CCc1ccc(NCc2ccnc3ccccc23)cc1. The summed E-state index contributed by atoms with van der Waals surface area (Å²) in [5, 5.41) is 13.3. The maximum atomic E-state index is 8.67. The largest absolute Gasteiger partial charge is 0.381 e. The molecule has 0 aliphatic rings. The van der Waals surface area contributed by atoms with Crippen molar-refractivity contribution in [1.82, 2.24) is 4.98 Å². The van der Waals surface area contributed by atoms with E-state index in [0.717, 1.165) is 23.3 Å². The number of para-hydroxylation sites is 1. The van der Waals surface area contributed by atoms with Gasteiger partial charge in [0, 0.05) is 23.8 Å². The molecule has 1 heterocycles. The minimum Gasteiger partial charge on any atom is -0.381 e. The van der Waals surface area contributed by atoms with Crippen molar-refractivity contribution >= 4 is 16.6 Å². The lowest BCUT2D eigenvalue weighted by molar-refractivity contribution is 1.15. The molecule has 0 aliphatic heterocycles. The third-order valence-corrected chi connectivity index (χ3v) is 3.46. The molecule has 0 fully saturated rings. The lowest BCUT2D eigenvalue weighted by Gasteiger charge is -2.09. The van der Waals surface area contributed by atoms with Crippen molar-refractivity contribution in [3.05, 3.63) is 71.9 Å². The quantitative estimate of drug-likeness (QED) is 0.784. The van der Waals surface area contributed by atoms with E-state index in [-0.39, 0.29) is 0 Å². The van der Waals surface area contributed by atoms with Crippen molar-refractivity contribution in [1.29, 1.82) is 5.26 Å². The molecular weight excluding hydrogens is 258 g/mol. The van der Waals surface area contributed by atoms with Crippen LogP contribution in [0.15, 0.2) is 60.8 Å². The second-order valence-corrected chi connectivity index (χ2v) is 4.87. The van der Waals surface area contributed by atoms with Gasteiger partial charge in [0.1, 0.15) is 0 Å². The predicted molar refractivity (Wildman–Crippen MR) is 84.8 cm³/mol. The number of pyridine rings is 1. The van der Waals surface area contributed by atoms with E-state index in [0.29, 0.717) is 6.42 Å². The van der Waals surface area contributed by atoms with E-state index in [2.05, 4.69) is 22.4 Å². The van der Waals surface area contributed by atoms with Crippen molar-refractivity contribution in [2.45, 2.75) is 13.0 Å². The summed E-state index contributed by atoms with van der Waals surface area (Å²) in [6.07, 6.45) is 2.30. The zero-order valence-corrected chi connectivity index (χ0v) is 11.6. The number of hydrogen-bond donors (Lipinski definition) is 1. The fourth-order valence-electron chi connectivity index (χ4n) is 2.34. The first kappa shape index (κ1) is 13.1. The van der Waals surface area contributed by atoms with Gasteiger partial charge in [-0.2, -0.15) is 5.26 Å². The Kier molecular flexibility index (Phi) is 3.79. The Hall–Kier alpha value is -2.86. The number of nitriles is 1. The fourth-order valence-corrected chi connectivity index (χ4v) is 2.34. The first-order chi connectivity index (χ1) is 10.4. The summed E-state index contributed by atoms with van der Waals surface area (Å²) in [6, 6.07) is 20.3. The highest BCUT2D eigenvalue weighted by Crippen LogP contribution is 2.18. The van der Waals surface area contributed by atoms with E-state index in [1.807, 2.05) is 54.7 Å². The minimum absolute atomic E-state index is 0.454. The lowest BCUT2D eigenvalue weighted by atomic mass is 10.1. The zero-order chi connectivity index (χ0) is 14.5. The average molecular weight is 273 g/mol. The smallest absolute Gasteiger partial charge is 0.0705 e. The first-order valence-corrected chi connectivity index (χ1v) is 6.89. The molecule has 0 unspecified atom stereocenters. The molecule has 0 spiro atoms. The molecule has 102 valence electrons. The van der Waals surface area contributed by atoms with E-state index in [1.54, 1.807) is 0 Å². The van der Waals surface area contributed by atoms with Gasteiger partial charge in [0.2, 0.25) is 0 Å². The maximum Gasteiger partial charge on any atom is 0.0705 e. The standard InChI is InChI=1S/C18H15N3/c19-11-9-14-5-7-16(8-6-14)21-13-15-10-12-20-18-4-2-1-3-17(15)18/h1-8,10,12,21H,9,13H2. The molecule has 0 saturated carbocycles. The molecule has 3 heteroatoms. The van der Waals surface area contributed by atoms with Gasteiger partial charge in [-0.25, -0.2) is 0 Å². The van der Waals surface area contributed by atoms with Crippen LogP contribution in [0.1, 0.15) is 11.1 Å². The summed E-state index contributed by atoms with van der Waals surface area (Å²) in [4.78, 5) is 4.37. The molecule has 0 radical (unpaired) electrons. The van der Waals surface area contributed by atoms with Crippen molar-refractivity contribution in [2.24, 2.45) is 0 Å². The van der Waals surface area contributed by atoms with Gasteiger partial charge in [0.25, 0.3) is 0 Å². The Morgan fingerprint density at radius 3 is 2.62 bits per heavy atom. The van der Waals surface area contributed by atoms with E-state index >= 15 is 0 Å². The van der Waals surface area contributed by atoms with Crippen LogP contribution in [0.5, 0.6) is 0 Å². The summed E-state index contributed by atoms with van der Waals surface area (Å²) in [6.45, 7) is 0.751. The van der Waals surface area contributed by atoms with Crippen molar-refractivity contribution < 1.29 is 0 Å². The highest BCUT2D eigenvalue weighted by molar-refractivity contribution is 5.82. The molecule has 0 saturated heterocycles. The number of nitrogens with one attached hydrogen (secondary N) is 1. The number of aromatic nitrogens is 1. The third-order valence-electron chi connectivity index (χ3n) is 3.46. The van der Waals surface area contributed by atoms with E-state index < -0.39 is 0 Å². The summed E-state index contributed by atoms with van der Waals surface area (Å²) in [5.74, 6) is 0. The van der Waals surface area contributed by atoms with E-state index in [1.165, 1.54) is 10.9 Å². The Balaban J connectivity index is 1.76. The molecule has 0 atom stereocenters. The number of nitrogens with zero attached hydrogens (tertiary/aromatic N) is 2. The van der Waals surface area contributed by atoms with Gasteiger partial charge >= 0.3 is 0 Å². The third kappa shape index (κ3) is 3.01. The van der Waals surface area contributed by atoms with Crippen LogP contribution in [0.4, 0.5) is 5.69 Å². The van der Waals surface area contributed by atoms with Gasteiger partial charge in [-0.1, -0.05) is 30.3 Å². The zero-order valence-electron chi connectivity index (χ0n) is 11.6. The average Bonchev–Trinajstić information content (AvgIpc) is 2.54. The Labute approximate surface area is 123 Å². The Bertz CT molecular complexity index is 780. The van der Waals surface area contributed by atoms with Crippen LogP contribution in [0.2, 0.25) is 0 Å². The normalized spacial score (nSPS) is 10.2. The van der Waals surface area contributed by atoms with Crippen LogP contribution < -0.4 is 5.32 Å². The molecule has 2 aromatic carbocycles. The first-order valence-electron chi connectivity index (χ1n) is 6.89. The van der Waals surface area contributed by atoms with E-state index in [9.17, 15) is 0 Å². The summed E-state index contributed by atoms with van der Waals surface area (Å²) in [7, 11) is 0. The van der Waals surface area contributed by atoms with Gasteiger partial charge < -0.3 is 5.32 Å². The highest BCUT2D eigenvalue weighted by atomic mass is 14.9. The van der Waals surface area contributed by atoms with Gasteiger partial charge in [-0.05, 0) is 35.4 Å². The molecule has 1 N–H and O–H groups in total. The lowest BCUT2D eigenvalue weighted by Crippen LogP contribution is -2.00. The monoisotopic (exact) mass is 273 g/mol. The van der Waals surface area contributed by atoms with Gasteiger partial charge in [-0.15, -0.1) is 0 Å². The Morgan fingerprint density at radius 2 is 1.81 bits per heavy atom. The van der Waals surface area contributed by atoms with Crippen LogP contribution in [0.25, 0.3) is 10.9 Å². The number of rotatable bonds is 4. The fraction of sp³-hybridized carbons (Fsp3) is 0.111. The molecular formula is C18H15N3. The van der Waals surface area contributed by atoms with Crippen LogP contribution in [0.3, 0.4) is 0 Å². The second kappa shape index (κ2) is 6.06. The van der Waals surface area contributed by atoms with Crippen molar-refractivity contribution in [3.8, 4) is 6.07 Å².